The van der Waals surface area contributed by atoms with Crippen molar-refractivity contribution in [3.05, 3.63) is 0 Å². The van der Waals surface area contributed by atoms with Crippen molar-refractivity contribution in [1.82, 2.24) is 4.90 Å². The molecule has 1 aliphatic heterocycles. The van der Waals surface area contributed by atoms with Crippen LogP contribution in [0.15, 0.2) is 0 Å². The lowest BCUT2D eigenvalue weighted by atomic mass is 10.1. The fourth-order valence-electron chi connectivity index (χ4n) is 1.68. The number of likely N-dealkylation sites (tertiary alicyclic amines) is 1. The molecular formula is C9H16N2O. The van der Waals surface area contributed by atoms with Crippen LogP contribution in [0.25, 0.3) is 0 Å². The highest BCUT2D eigenvalue weighted by atomic mass is 16.3. The second-order valence-electron chi connectivity index (χ2n) is 3.77. The van der Waals surface area contributed by atoms with Gasteiger partial charge in [-0.05, 0) is 19.8 Å². The van der Waals surface area contributed by atoms with Crippen molar-refractivity contribution in [2.24, 2.45) is 0 Å². The van der Waals surface area contributed by atoms with Crippen molar-refractivity contribution >= 4 is 0 Å². The molecule has 1 fully saturated rings. The highest BCUT2D eigenvalue weighted by Gasteiger charge is 2.34. The molecule has 0 radical (unpaired) electrons. The molecule has 0 aromatic rings. The van der Waals surface area contributed by atoms with Crippen LogP contribution >= 0.6 is 0 Å². The summed E-state index contributed by atoms with van der Waals surface area (Å²) in [6.45, 7) is 5.32. The van der Waals surface area contributed by atoms with E-state index in [1.165, 1.54) is 0 Å². The predicted octanol–water partition coefficient (Wildman–Crippen LogP) is 0.745. The van der Waals surface area contributed by atoms with Crippen LogP contribution in [0, 0.1) is 11.3 Å². The van der Waals surface area contributed by atoms with E-state index in [9.17, 15) is 5.11 Å². The number of nitrogens with zero attached hydrogens (tertiary/aromatic N) is 2. The van der Waals surface area contributed by atoms with E-state index >= 15 is 0 Å². The molecule has 0 amide bonds. The smallest absolute Gasteiger partial charge is 0.0976 e. The third-order valence-electron chi connectivity index (χ3n) is 2.46. The third-order valence-corrected chi connectivity index (χ3v) is 2.46. The molecule has 1 rings (SSSR count). The molecule has 0 spiro atoms. The van der Waals surface area contributed by atoms with Gasteiger partial charge in [0.25, 0.3) is 0 Å². The summed E-state index contributed by atoms with van der Waals surface area (Å²) in [6, 6.07) is 2.23. The van der Waals surface area contributed by atoms with Gasteiger partial charge < -0.3 is 5.11 Å². The lowest BCUT2D eigenvalue weighted by Crippen LogP contribution is -2.35. The maximum Gasteiger partial charge on any atom is 0.0976 e. The molecule has 12 heavy (non-hydrogen) atoms. The van der Waals surface area contributed by atoms with Crippen molar-refractivity contribution in [2.75, 3.05) is 13.1 Å². The first-order chi connectivity index (χ1) is 5.59. The molecule has 1 N–H and O–H groups in total. The van der Waals surface area contributed by atoms with Crippen LogP contribution in [0.1, 0.15) is 26.7 Å². The average Bonchev–Trinajstić information content (AvgIpc) is 2.34. The van der Waals surface area contributed by atoms with E-state index in [1.54, 1.807) is 0 Å². The average molecular weight is 168 g/mol. The van der Waals surface area contributed by atoms with Crippen LogP contribution in [-0.4, -0.2) is 34.7 Å². The van der Waals surface area contributed by atoms with E-state index in [0.29, 0.717) is 6.54 Å². The summed E-state index contributed by atoms with van der Waals surface area (Å²) < 4.78 is 0. The maximum atomic E-state index is 9.65. The Morgan fingerprint density at radius 1 is 1.75 bits per heavy atom. The van der Waals surface area contributed by atoms with E-state index < -0.39 is 5.60 Å². The van der Waals surface area contributed by atoms with Crippen LogP contribution in [0.2, 0.25) is 0 Å². The Labute approximate surface area is 73.6 Å². The normalized spacial score (nSPS) is 33.2. The summed E-state index contributed by atoms with van der Waals surface area (Å²) in [5, 5.41) is 18.4. The van der Waals surface area contributed by atoms with Gasteiger partial charge in [-0.25, -0.2) is 0 Å². The second-order valence-corrected chi connectivity index (χ2v) is 3.77. The molecule has 1 saturated heterocycles. The Hall–Kier alpha value is -0.590. The van der Waals surface area contributed by atoms with Gasteiger partial charge in [0.15, 0.2) is 0 Å². The number of β-amino-alcohol motifs (C(OH)–C–C–N with tert-alkyl or cyclic N) is 1. The van der Waals surface area contributed by atoms with Crippen molar-refractivity contribution in [3.63, 3.8) is 0 Å². The molecular weight excluding hydrogens is 152 g/mol. The van der Waals surface area contributed by atoms with Gasteiger partial charge in [0.1, 0.15) is 0 Å². The van der Waals surface area contributed by atoms with E-state index in [1.807, 2.05) is 13.8 Å². The Bertz CT molecular complexity index is 195. The Morgan fingerprint density at radius 3 is 2.75 bits per heavy atom. The largest absolute Gasteiger partial charge is 0.389 e. The molecule has 68 valence electrons. The summed E-state index contributed by atoms with van der Waals surface area (Å²) in [7, 11) is 0. The van der Waals surface area contributed by atoms with Gasteiger partial charge in [0.05, 0.1) is 17.7 Å². The van der Waals surface area contributed by atoms with Gasteiger partial charge in [-0.3, -0.25) is 4.90 Å². The summed E-state index contributed by atoms with van der Waals surface area (Å²) in [5.41, 5.74) is -0.579. The van der Waals surface area contributed by atoms with Crippen molar-refractivity contribution in [2.45, 2.75) is 38.3 Å². The van der Waals surface area contributed by atoms with E-state index in [0.717, 1.165) is 19.4 Å². The minimum Gasteiger partial charge on any atom is -0.389 e. The van der Waals surface area contributed by atoms with Crippen LogP contribution in [-0.2, 0) is 0 Å². The quantitative estimate of drug-likeness (QED) is 0.661. The first kappa shape index (κ1) is 9.50. The molecule has 2 atom stereocenters. The molecule has 2 unspecified atom stereocenters. The fraction of sp³-hybridized carbons (Fsp3) is 0.889. The van der Waals surface area contributed by atoms with E-state index in [-0.39, 0.29) is 6.04 Å². The number of hydrogen-bond acceptors (Lipinski definition) is 3. The maximum absolute atomic E-state index is 9.65. The minimum absolute atomic E-state index is 0.0148. The zero-order valence-electron chi connectivity index (χ0n) is 7.75. The lowest BCUT2D eigenvalue weighted by Gasteiger charge is -2.22. The SMILES string of the molecule is CCC(C#N)N1CCC(C)(O)C1. The lowest BCUT2D eigenvalue weighted by molar-refractivity contribution is 0.0655. The zero-order valence-corrected chi connectivity index (χ0v) is 7.75. The van der Waals surface area contributed by atoms with Gasteiger partial charge in [-0.1, -0.05) is 6.92 Å². The van der Waals surface area contributed by atoms with Crippen LogP contribution < -0.4 is 0 Å². The minimum atomic E-state index is -0.579. The van der Waals surface area contributed by atoms with Gasteiger partial charge in [-0.2, -0.15) is 5.26 Å². The summed E-state index contributed by atoms with van der Waals surface area (Å²) in [4.78, 5) is 2.06. The number of rotatable bonds is 2. The van der Waals surface area contributed by atoms with E-state index in [2.05, 4.69) is 11.0 Å². The predicted molar refractivity (Wildman–Crippen MR) is 46.5 cm³/mol. The second kappa shape index (κ2) is 3.42. The van der Waals surface area contributed by atoms with E-state index in [4.69, 9.17) is 5.26 Å². The van der Waals surface area contributed by atoms with Crippen LogP contribution in [0.3, 0.4) is 0 Å². The number of aliphatic hydroxyl groups is 1. The fourth-order valence-corrected chi connectivity index (χ4v) is 1.68. The molecule has 3 heteroatoms. The standard InChI is InChI=1S/C9H16N2O/c1-3-8(6-10)11-5-4-9(2,12)7-11/h8,12H,3-5,7H2,1-2H3. The molecule has 1 heterocycles. The monoisotopic (exact) mass is 168 g/mol. The molecule has 0 bridgehead atoms. The number of nitriles is 1. The van der Waals surface area contributed by atoms with Crippen LogP contribution in [0.5, 0.6) is 0 Å². The third kappa shape index (κ3) is 1.96. The Balaban J connectivity index is 2.52. The molecule has 0 aliphatic carbocycles. The van der Waals surface area contributed by atoms with Gasteiger partial charge in [0.2, 0.25) is 0 Å². The topological polar surface area (TPSA) is 47.3 Å². The highest BCUT2D eigenvalue weighted by Crippen LogP contribution is 2.22. The Kier molecular flexibility index (Phi) is 2.71. The first-order valence-corrected chi connectivity index (χ1v) is 4.45. The van der Waals surface area contributed by atoms with Gasteiger partial charge in [0, 0.05) is 13.1 Å². The highest BCUT2D eigenvalue weighted by molar-refractivity contribution is 4.97. The Morgan fingerprint density at radius 2 is 2.42 bits per heavy atom. The summed E-state index contributed by atoms with van der Waals surface area (Å²) in [6.07, 6.45) is 1.62. The number of hydrogen-bond donors (Lipinski definition) is 1. The molecule has 0 aromatic carbocycles. The molecule has 1 aliphatic rings. The summed E-state index contributed by atoms with van der Waals surface area (Å²) in [5.74, 6) is 0. The van der Waals surface area contributed by atoms with Crippen molar-refractivity contribution < 1.29 is 5.11 Å². The van der Waals surface area contributed by atoms with Gasteiger partial charge >= 0.3 is 0 Å². The molecule has 0 saturated carbocycles. The molecule has 0 aromatic heterocycles. The van der Waals surface area contributed by atoms with Crippen molar-refractivity contribution in [3.8, 4) is 6.07 Å². The first-order valence-electron chi connectivity index (χ1n) is 4.45. The zero-order chi connectivity index (χ0) is 9.19. The van der Waals surface area contributed by atoms with Crippen molar-refractivity contribution in [1.29, 1.82) is 5.26 Å². The van der Waals surface area contributed by atoms with Gasteiger partial charge in [-0.15, -0.1) is 0 Å². The van der Waals surface area contributed by atoms with Crippen LogP contribution in [0.4, 0.5) is 0 Å². The summed E-state index contributed by atoms with van der Waals surface area (Å²) >= 11 is 0. The molecule has 3 nitrogen and oxygen atoms in total.